The van der Waals surface area contributed by atoms with E-state index in [1.165, 1.54) is 23.6 Å². The Labute approximate surface area is 155 Å². The lowest BCUT2D eigenvalue weighted by molar-refractivity contribution is -0.384. The van der Waals surface area contributed by atoms with Crippen molar-refractivity contribution in [1.82, 2.24) is 15.2 Å². The quantitative estimate of drug-likeness (QED) is 0.658. The summed E-state index contributed by atoms with van der Waals surface area (Å²) in [5.41, 5.74) is 0.442. The third-order valence-electron chi connectivity index (χ3n) is 5.54. The maximum atomic E-state index is 12.7. The first kappa shape index (κ1) is 17.1. The van der Waals surface area contributed by atoms with E-state index in [0.717, 1.165) is 25.9 Å². The van der Waals surface area contributed by atoms with E-state index < -0.39 is 4.92 Å². The number of thiazole rings is 1. The molecule has 1 N–H and O–H groups in total. The zero-order chi connectivity index (χ0) is 18.3. The number of nitro benzene ring substituents is 1. The third-order valence-corrected chi connectivity index (χ3v) is 6.57. The summed E-state index contributed by atoms with van der Waals surface area (Å²) in [4.78, 5) is 30.7. The number of rotatable bonds is 4. The van der Waals surface area contributed by atoms with Crippen LogP contribution in [0.3, 0.4) is 0 Å². The SMILES string of the molecule is C[C@H]1[C@H](NC(=O)c2cnc(-c3ccccc3[N+](=O)[O-])s2)C2CCN1CC2. The van der Waals surface area contributed by atoms with Gasteiger partial charge in [0, 0.05) is 18.2 Å². The molecule has 0 unspecified atom stereocenters. The van der Waals surface area contributed by atoms with Crippen LogP contribution in [0.5, 0.6) is 0 Å². The van der Waals surface area contributed by atoms with Gasteiger partial charge in [0.15, 0.2) is 0 Å². The van der Waals surface area contributed by atoms with Crippen molar-refractivity contribution >= 4 is 22.9 Å². The van der Waals surface area contributed by atoms with E-state index in [-0.39, 0.29) is 17.6 Å². The normalized spacial score (nSPS) is 27.3. The average molecular weight is 372 g/mol. The Morgan fingerprint density at radius 3 is 2.77 bits per heavy atom. The standard InChI is InChI=1S/C18H20N4O3S/c1-11-16(12-6-8-21(11)9-7-12)20-17(23)15-10-19-18(26-15)13-4-2-3-5-14(13)22(24)25/h2-5,10-12,16H,6-9H2,1H3,(H,20,23)/t11-,16-/m0/s1. The van der Waals surface area contributed by atoms with Crippen LogP contribution in [-0.2, 0) is 0 Å². The van der Waals surface area contributed by atoms with Crippen LogP contribution in [-0.4, -0.2) is 45.9 Å². The van der Waals surface area contributed by atoms with Crippen molar-refractivity contribution in [2.45, 2.75) is 31.8 Å². The number of carbonyl (C=O) groups is 1. The molecule has 5 rings (SSSR count). The average Bonchev–Trinajstić information content (AvgIpc) is 3.15. The summed E-state index contributed by atoms with van der Waals surface area (Å²) in [5, 5.41) is 14.9. The molecule has 2 aromatic rings. The topological polar surface area (TPSA) is 88.4 Å². The van der Waals surface area contributed by atoms with Crippen molar-refractivity contribution < 1.29 is 9.72 Å². The first-order chi connectivity index (χ1) is 12.5. The molecule has 1 aromatic carbocycles. The number of benzene rings is 1. The van der Waals surface area contributed by atoms with Crippen molar-refractivity contribution in [3.8, 4) is 10.6 Å². The molecule has 0 radical (unpaired) electrons. The van der Waals surface area contributed by atoms with Crippen LogP contribution in [0.25, 0.3) is 10.6 Å². The number of aromatic nitrogens is 1. The van der Waals surface area contributed by atoms with Crippen LogP contribution in [0, 0.1) is 16.0 Å². The molecule has 0 saturated carbocycles. The van der Waals surface area contributed by atoms with Gasteiger partial charge in [0.25, 0.3) is 11.6 Å². The molecule has 2 atom stereocenters. The lowest BCUT2D eigenvalue weighted by atomic mass is 9.79. The van der Waals surface area contributed by atoms with Gasteiger partial charge in [0.05, 0.1) is 16.7 Å². The molecule has 8 heteroatoms. The Hall–Kier alpha value is -2.32. The van der Waals surface area contributed by atoms with Crippen molar-refractivity contribution in [1.29, 1.82) is 0 Å². The fraction of sp³-hybridized carbons (Fsp3) is 0.444. The fourth-order valence-corrected chi connectivity index (χ4v) is 4.94. The van der Waals surface area contributed by atoms with Gasteiger partial charge >= 0.3 is 0 Å². The number of nitrogens with zero attached hydrogens (tertiary/aromatic N) is 3. The molecule has 1 aromatic heterocycles. The van der Waals surface area contributed by atoms with Crippen LogP contribution >= 0.6 is 11.3 Å². The van der Waals surface area contributed by atoms with E-state index in [1.54, 1.807) is 18.2 Å². The molecule has 7 nitrogen and oxygen atoms in total. The molecular formula is C18H20N4O3S. The maximum absolute atomic E-state index is 12.7. The second-order valence-corrected chi connectivity index (χ2v) is 7.95. The number of nitro groups is 1. The summed E-state index contributed by atoms with van der Waals surface area (Å²) in [6, 6.07) is 6.96. The maximum Gasteiger partial charge on any atom is 0.279 e. The summed E-state index contributed by atoms with van der Waals surface area (Å²) in [5.74, 6) is 0.388. The smallest absolute Gasteiger partial charge is 0.279 e. The van der Waals surface area contributed by atoms with Crippen molar-refractivity contribution in [2.75, 3.05) is 13.1 Å². The van der Waals surface area contributed by atoms with Gasteiger partial charge in [-0.25, -0.2) is 4.98 Å². The van der Waals surface area contributed by atoms with Crippen molar-refractivity contribution in [3.05, 3.63) is 45.5 Å². The number of carbonyl (C=O) groups excluding carboxylic acids is 1. The minimum atomic E-state index is -0.425. The van der Waals surface area contributed by atoms with Crippen LogP contribution in [0.4, 0.5) is 5.69 Å². The fourth-order valence-electron chi connectivity index (χ4n) is 4.09. The van der Waals surface area contributed by atoms with Gasteiger partial charge in [0.2, 0.25) is 0 Å². The van der Waals surface area contributed by atoms with Gasteiger partial charge in [0.1, 0.15) is 9.88 Å². The Kier molecular flexibility index (Phi) is 4.46. The van der Waals surface area contributed by atoms with Gasteiger partial charge in [-0.05, 0) is 44.8 Å². The van der Waals surface area contributed by atoms with E-state index in [2.05, 4.69) is 22.1 Å². The number of amides is 1. The molecule has 1 amide bonds. The van der Waals surface area contributed by atoms with Crippen LogP contribution < -0.4 is 5.32 Å². The monoisotopic (exact) mass is 372 g/mol. The number of piperidine rings is 3. The third kappa shape index (κ3) is 2.99. The zero-order valence-electron chi connectivity index (χ0n) is 14.4. The molecule has 0 aliphatic carbocycles. The number of hydrogen-bond donors (Lipinski definition) is 1. The highest BCUT2D eigenvalue weighted by molar-refractivity contribution is 7.17. The van der Waals surface area contributed by atoms with Crippen LogP contribution in [0.1, 0.15) is 29.4 Å². The predicted molar refractivity (Wildman–Crippen MR) is 99.2 cm³/mol. The summed E-state index contributed by atoms with van der Waals surface area (Å²) >= 11 is 1.19. The first-order valence-corrected chi connectivity index (χ1v) is 9.61. The second-order valence-electron chi connectivity index (χ2n) is 6.92. The summed E-state index contributed by atoms with van der Waals surface area (Å²) in [6.45, 7) is 4.39. The second kappa shape index (κ2) is 6.77. The highest BCUT2D eigenvalue weighted by atomic mass is 32.1. The van der Waals surface area contributed by atoms with Crippen molar-refractivity contribution in [2.24, 2.45) is 5.92 Å². The van der Waals surface area contributed by atoms with Gasteiger partial charge in [-0.3, -0.25) is 19.8 Å². The van der Waals surface area contributed by atoms with Gasteiger partial charge in [-0.15, -0.1) is 11.3 Å². The number of fused-ring (bicyclic) bond motifs is 3. The Bertz CT molecular complexity index is 842. The van der Waals surface area contributed by atoms with Gasteiger partial charge in [-0.2, -0.15) is 0 Å². The Balaban J connectivity index is 1.53. The molecular weight excluding hydrogens is 352 g/mol. The van der Waals surface area contributed by atoms with Crippen LogP contribution in [0.2, 0.25) is 0 Å². The minimum Gasteiger partial charge on any atom is -0.347 e. The molecule has 136 valence electrons. The molecule has 3 aliphatic heterocycles. The molecule has 3 saturated heterocycles. The van der Waals surface area contributed by atoms with E-state index in [4.69, 9.17) is 0 Å². The van der Waals surface area contributed by atoms with Gasteiger partial charge < -0.3 is 5.32 Å². The number of para-hydroxylation sites is 1. The summed E-state index contributed by atoms with van der Waals surface area (Å²) in [7, 11) is 0. The molecule has 26 heavy (non-hydrogen) atoms. The Morgan fingerprint density at radius 1 is 1.35 bits per heavy atom. The molecule has 3 aliphatic rings. The summed E-state index contributed by atoms with van der Waals surface area (Å²) in [6.07, 6.45) is 3.76. The molecule has 2 bridgehead atoms. The lowest BCUT2D eigenvalue weighted by Crippen LogP contribution is -2.62. The van der Waals surface area contributed by atoms with Crippen LogP contribution in [0.15, 0.2) is 30.5 Å². The number of nitrogens with one attached hydrogen (secondary N) is 1. The molecule has 4 heterocycles. The van der Waals surface area contributed by atoms with E-state index >= 15 is 0 Å². The van der Waals surface area contributed by atoms with Gasteiger partial charge in [-0.1, -0.05) is 12.1 Å². The van der Waals surface area contributed by atoms with Crippen molar-refractivity contribution in [3.63, 3.8) is 0 Å². The molecule has 3 fully saturated rings. The largest absolute Gasteiger partial charge is 0.347 e. The first-order valence-electron chi connectivity index (χ1n) is 8.79. The zero-order valence-corrected chi connectivity index (χ0v) is 15.2. The Morgan fingerprint density at radius 2 is 2.08 bits per heavy atom. The minimum absolute atomic E-state index is 0.000166. The summed E-state index contributed by atoms with van der Waals surface area (Å²) < 4.78 is 0. The van der Waals surface area contributed by atoms with E-state index in [0.29, 0.717) is 27.4 Å². The lowest BCUT2D eigenvalue weighted by Gasteiger charge is -2.49. The number of hydrogen-bond acceptors (Lipinski definition) is 6. The van der Waals surface area contributed by atoms with E-state index in [9.17, 15) is 14.9 Å². The highest BCUT2D eigenvalue weighted by Gasteiger charge is 2.40. The molecule has 0 spiro atoms. The van der Waals surface area contributed by atoms with E-state index in [1.807, 2.05) is 0 Å². The highest BCUT2D eigenvalue weighted by Crippen LogP contribution is 2.34. The predicted octanol–water partition coefficient (Wildman–Crippen LogP) is 2.93.